The Bertz CT molecular complexity index is 654. The molecule has 24 heavy (non-hydrogen) atoms. The summed E-state index contributed by atoms with van der Waals surface area (Å²) in [6.07, 6.45) is -0.473. The number of rotatable bonds is 2. The first kappa shape index (κ1) is 15.3. The molecule has 2 atom stereocenters. The number of carbonyl (C=O) groups excluding carboxylic acids is 2. The summed E-state index contributed by atoms with van der Waals surface area (Å²) >= 11 is 0. The number of hydrogen-bond donors (Lipinski definition) is 0. The fourth-order valence-corrected chi connectivity index (χ4v) is 3.33. The van der Waals surface area contributed by atoms with Crippen molar-refractivity contribution < 1.29 is 28.5 Å². The van der Waals surface area contributed by atoms with Crippen molar-refractivity contribution in [2.75, 3.05) is 39.5 Å². The number of amides is 1. The molecule has 2 unspecified atom stereocenters. The number of nitrogens with zero attached hydrogens (tertiary/aromatic N) is 1. The third-order valence-electron chi connectivity index (χ3n) is 4.55. The monoisotopic (exact) mass is 333 g/mol. The van der Waals surface area contributed by atoms with Crippen molar-refractivity contribution in [3.63, 3.8) is 0 Å². The van der Waals surface area contributed by atoms with Gasteiger partial charge in [-0.1, -0.05) is 6.07 Å². The molecule has 3 heterocycles. The van der Waals surface area contributed by atoms with Gasteiger partial charge in [0.2, 0.25) is 5.91 Å². The van der Waals surface area contributed by atoms with E-state index in [2.05, 4.69) is 0 Å². The van der Waals surface area contributed by atoms with Crippen molar-refractivity contribution in [3.8, 4) is 11.5 Å². The summed E-state index contributed by atoms with van der Waals surface area (Å²) in [6, 6.07) is 5.43. The van der Waals surface area contributed by atoms with Gasteiger partial charge in [-0.2, -0.15) is 0 Å². The molecule has 1 aromatic carbocycles. The first-order valence-electron chi connectivity index (χ1n) is 8.18. The maximum Gasteiger partial charge on any atom is 0.307 e. The number of morpholine rings is 1. The van der Waals surface area contributed by atoms with Crippen LogP contribution in [0.15, 0.2) is 18.2 Å². The number of benzene rings is 1. The Morgan fingerprint density at radius 2 is 1.79 bits per heavy atom. The van der Waals surface area contributed by atoms with Gasteiger partial charge < -0.3 is 23.8 Å². The molecule has 128 valence electrons. The molecule has 3 aliphatic rings. The second kappa shape index (κ2) is 6.32. The Kier molecular flexibility index (Phi) is 4.02. The van der Waals surface area contributed by atoms with Crippen LogP contribution in [0.3, 0.4) is 0 Å². The highest BCUT2D eigenvalue weighted by Crippen LogP contribution is 2.40. The molecule has 2 fully saturated rings. The number of hydrogen-bond acceptors (Lipinski definition) is 6. The summed E-state index contributed by atoms with van der Waals surface area (Å²) in [5.41, 5.74) is 0.761. The third-order valence-corrected chi connectivity index (χ3v) is 4.55. The molecule has 0 saturated carbocycles. The fraction of sp³-hybridized carbons (Fsp3) is 0.529. The average molecular weight is 333 g/mol. The predicted octanol–water partition coefficient (Wildman–Crippen LogP) is 0.921. The van der Waals surface area contributed by atoms with Crippen molar-refractivity contribution in [2.24, 2.45) is 5.92 Å². The highest BCUT2D eigenvalue weighted by atomic mass is 16.6. The van der Waals surface area contributed by atoms with Crippen LogP contribution in [0.4, 0.5) is 0 Å². The standard InChI is InChI=1S/C17H19NO6/c19-15-10-12(17(20)18-3-5-21-6-4-18)16(24-15)11-1-2-13-14(9-11)23-8-7-22-13/h1-2,9,12,16H,3-8,10H2. The molecule has 3 aliphatic heterocycles. The SMILES string of the molecule is O=C1CC(C(=O)N2CCOCC2)C(c2ccc3c(c2)OCCO3)O1. The van der Waals surface area contributed by atoms with Gasteiger partial charge in [0.1, 0.15) is 19.3 Å². The van der Waals surface area contributed by atoms with Gasteiger partial charge in [-0.05, 0) is 17.7 Å². The van der Waals surface area contributed by atoms with Crippen LogP contribution in [-0.4, -0.2) is 56.3 Å². The van der Waals surface area contributed by atoms with Gasteiger partial charge in [0.25, 0.3) is 0 Å². The molecule has 4 rings (SSSR count). The summed E-state index contributed by atoms with van der Waals surface area (Å²) in [5, 5.41) is 0. The van der Waals surface area contributed by atoms with Gasteiger partial charge in [-0.25, -0.2) is 0 Å². The minimum Gasteiger partial charge on any atom is -0.486 e. The van der Waals surface area contributed by atoms with Crippen LogP contribution in [-0.2, 0) is 19.1 Å². The Hall–Kier alpha value is -2.28. The van der Waals surface area contributed by atoms with E-state index >= 15 is 0 Å². The Morgan fingerprint density at radius 1 is 1.04 bits per heavy atom. The van der Waals surface area contributed by atoms with Crippen LogP contribution in [0.1, 0.15) is 18.1 Å². The maximum absolute atomic E-state index is 12.8. The van der Waals surface area contributed by atoms with Crippen LogP contribution in [0.2, 0.25) is 0 Å². The molecule has 7 heteroatoms. The largest absolute Gasteiger partial charge is 0.486 e. The van der Waals surface area contributed by atoms with Crippen LogP contribution in [0.5, 0.6) is 11.5 Å². The smallest absolute Gasteiger partial charge is 0.307 e. The molecule has 0 N–H and O–H groups in total. The van der Waals surface area contributed by atoms with Crippen LogP contribution >= 0.6 is 0 Å². The number of fused-ring (bicyclic) bond motifs is 1. The first-order valence-corrected chi connectivity index (χ1v) is 8.18. The van der Waals surface area contributed by atoms with E-state index < -0.39 is 12.0 Å². The Balaban J connectivity index is 1.58. The lowest BCUT2D eigenvalue weighted by atomic mass is 9.93. The van der Waals surface area contributed by atoms with Crippen molar-refractivity contribution in [2.45, 2.75) is 12.5 Å². The van der Waals surface area contributed by atoms with Gasteiger partial charge >= 0.3 is 5.97 Å². The van der Waals surface area contributed by atoms with Crippen molar-refractivity contribution in [1.82, 2.24) is 4.90 Å². The maximum atomic E-state index is 12.8. The molecule has 0 aliphatic carbocycles. The van der Waals surface area contributed by atoms with E-state index in [1.807, 2.05) is 6.07 Å². The fourth-order valence-electron chi connectivity index (χ4n) is 3.33. The molecule has 1 amide bonds. The molecule has 0 spiro atoms. The van der Waals surface area contributed by atoms with Gasteiger partial charge in [0.05, 0.1) is 25.6 Å². The van der Waals surface area contributed by atoms with Crippen molar-refractivity contribution in [1.29, 1.82) is 0 Å². The minimum atomic E-state index is -0.580. The summed E-state index contributed by atoms with van der Waals surface area (Å²) in [5.74, 6) is 0.397. The van der Waals surface area contributed by atoms with Crippen molar-refractivity contribution in [3.05, 3.63) is 23.8 Å². The lowest BCUT2D eigenvalue weighted by Crippen LogP contribution is -2.44. The Morgan fingerprint density at radius 3 is 2.58 bits per heavy atom. The van der Waals surface area contributed by atoms with E-state index in [-0.39, 0.29) is 18.3 Å². The molecule has 0 bridgehead atoms. The lowest BCUT2D eigenvalue weighted by molar-refractivity contribution is -0.143. The van der Waals surface area contributed by atoms with Crippen molar-refractivity contribution >= 4 is 11.9 Å². The topological polar surface area (TPSA) is 74.3 Å². The average Bonchev–Trinajstić information content (AvgIpc) is 3.03. The number of carbonyl (C=O) groups is 2. The first-order chi connectivity index (χ1) is 11.7. The zero-order valence-electron chi connectivity index (χ0n) is 13.2. The van der Waals surface area contributed by atoms with Gasteiger partial charge in [0, 0.05) is 13.1 Å². The minimum absolute atomic E-state index is 0.0518. The number of esters is 1. The van der Waals surface area contributed by atoms with E-state index in [1.54, 1.807) is 17.0 Å². The van der Waals surface area contributed by atoms with E-state index in [0.29, 0.717) is 51.0 Å². The second-order valence-corrected chi connectivity index (χ2v) is 6.06. The molecular weight excluding hydrogens is 314 g/mol. The zero-order valence-corrected chi connectivity index (χ0v) is 13.2. The van der Waals surface area contributed by atoms with Crippen LogP contribution < -0.4 is 9.47 Å². The van der Waals surface area contributed by atoms with E-state index in [1.165, 1.54) is 0 Å². The zero-order chi connectivity index (χ0) is 16.5. The Labute approximate surface area is 139 Å². The molecule has 0 radical (unpaired) electrons. The number of cyclic esters (lactones) is 1. The van der Waals surface area contributed by atoms with Crippen LogP contribution in [0.25, 0.3) is 0 Å². The molecule has 7 nitrogen and oxygen atoms in total. The van der Waals surface area contributed by atoms with Gasteiger partial charge in [-0.3, -0.25) is 9.59 Å². The highest BCUT2D eigenvalue weighted by molar-refractivity contribution is 5.87. The van der Waals surface area contributed by atoms with E-state index in [9.17, 15) is 9.59 Å². The third kappa shape index (κ3) is 2.80. The summed E-state index contributed by atoms with van der Waals surface area (Å²) in [7, 11) is 0. The highest BCUT2D eigenvalue weighted by Gasteiger charge is 2.43. The summed E-state index contributed by atoms with van der Waals surface area (Å²) < 4.78 is 21.8. The molecule has 1 aromatic rings. The normalized spacial score (nSPS) is 26.2. The molecular formula is C17H19NO6. The summed E-state index contributed by atoms with van der Waals surface area (Å²) in [4.78, 5) is 26.4. The second-order valence-electron chi connectivity index (χ2n) is 6.06. The lowest BCUT2D eigenvalue weighted by Gasteiger charge is -2.30. The van der Waals surface area contributed by atoms with E-state index in [0.717, 1.165) is 5.56 Å². The van der Waals surface area contributed by atoms with Gasteiger partial charge in [0.15, 0.2) is 11.5 Å². The quantitative estimate of drug-likeness (QED) is 0.750. The molecule has 0 aromatic heterocycles. The number of ether oxygens (including phenoxy) is 4. The van der Waals surface area contributed by atoms with Crippen LogP contribution in [0, 0.1) is 5.92 Å². The summed E-state index contributed by atoms with van der Waals surface area (Å²) in [6.45, 7) is 3.17. The molecule has 2 saturated heterocycles. The predicted molar refractivity (Wildman–Crippen MR) is 81.8 cm³/mol. The van der Waals surface area contributed by atoms with E-state index in [4.69, 9.17) is 18.9 Å². The van der Waals surface area contributed by atoms with Gasteiger partial charge in [-0.15, -0.1) is 0 Å².